The lowest BCUT2D eigenvalue weighted by atomic mass is 10.0. The quantitative estimate of drug-likeness (QED) is 0.529. The molecule has 0 atom stereocenters. The summed E-state index contributed by atoms with van der Waals surface area (Å²) in [5, 5.41) is 10.8. The third-order valence-corrected chi connectivity index (χ3v) is 7.21. The first-order valence-electron chi connectivity index (χ1n) is 12.2. The van der Waals surface area contributed by atoms with E-state index >= 15 is 0 Å². The second kappa shape index (κ2) is 9.47. The SMILES string of the molecule is Cc1cc2ncc(C#N)c(N3CCCN(CCCN4C(=O)c5ccccc5C4=O)CC3)c2cc1C. The normalized spacial score (nSPS) is 16.5. The summed E-state index contributed by atoms with van der Waals surface area (Å²) in [4.78, 5) is 35.8. The van der Waals surface area contributed by atoms with Gasteiger partial charge < -0.3 is 9.80 Å². The van der Waals surface area contributed by atoms with Crippen LogP contribution in [0.15, 0.2) is 42.6 Å². The molecule has 2 amide bonds. The summed E-state index contributed by atoms with van der Waals surface area (Å²) in [6.45, 7) is 8.92. The lowest BCUT2D eigenvalue weighted by Crippen LogP contribution is -2.35. The largest absolute Gasteiger partial charge is 0.369 e. The Bertz CT molecular complexity index is 1320. The fraction of sp³-hybridized carbons (Fsp3) is 0.357. The van der Waals surface area contributed by atoms with Crippen LogP contribution in [0.25, 0.3) is 10.9 Å². The maximum absolute atomic E-state index is 12.6. The van der Waals surface area contributed by atoms with E-state index in [9.17, 15) is 14.9 Å². The third kappa shape index (κ3) is 4.26. The molecule has 0 bridgehead atoms. The number of benzene rings is 2. The predicted molar refractivity (Wildman–Crippen MR) is 136 cm³/mol. The number of fused-ring (bicyclic) bond motifs is 2. The van der Waals surface area contributed by atoms with Crippen LogP contribution < -0.4 is 4.90 Å². The molecule has 2 aromatic carbocycles. The number of hydrogen-bond acceptors (Lipinski definition) is 6. The molecule has 178 valence electrons. The van der Waals surface area contributed by atoms with E-state index in [1.165, 1.54) is 16.0 Å². The van der Waals surface area contributed by atoms with Crippen LogP contribution in [-0.4, -0.2) is 65.9 Å². The highest BCUT2D eigenvalue weighted by molar-refractivity contribution is 6.21. The minimum absolute atomic E-state index is 0.188. The molecule has 0 saturated carbocycles. The lowest BCUT2D eigenvalue weighted by molar-refractivity contribution is 0.0647. The van der Waals surface area contributed by atoms with E-state index in [-0.39, 0.29) is 11.8 Å². The van der Waals surface area contributed by atoms with Gasteiger partial charge in [0.15, 0.2) is 0 Å². The van der Waals surface area contributed by atoms with Crippen LogP contribution in [0.5, 0.6) is 0 Å². The number of aromatic nitrogens is 1. The molecule has 7 heteroatoms. The molecular formula is C28H29N5O2. The first-order valence-corrected chi connectivity index (χ1v) is 12.2. The van der Waals surface area contributed by atoms with Crippen LogP contribution in [0.4, 0.5) is 5.69 Å². The van der Waals surface area contributed by atoms with E-state index in [4.69, 9.17) is 0 Å². The number of carbonyl (C=O) groups excluding carboxylic acids is 2. The molecule has 0 N–H and O–H groups in total. The van der Waals surface area contributed by atoms with Crippen molar-refractivity contribution in [2.45, 2.75) is 26.7 Å². The molecule has 5 rings (SSSR count). The van der Waals surface area contributed by atoms with Gasteiger partial charge >= 0.3 is 0 Å². The lowest BCUT2D eigenvalue weighted by Gasteiger charge is -2.26. The molecule has 3 heterocycles. The average Bonchev–Trinajstić information content (AvgIpc) is 3.00. The average molecular weight is 468 g/mol. The van der Waals surface area contributed by atoms with Crippen LogP contribution in [0.3, 0.4) is 0 Å². The van der Waals surface area contributed by atoms with Crippen molar-refractivity contribution in [1.29, 1.82) is 5.26 Å². The molecule has 0 aliphatic carbocycles. The monoisotopic (exact) mass is 467 g/mol. The van der Waals surface area contributed by atoms with Crippen molar-refractivity contribution >= 4 is 28.4 Å². The van der Waals surface area contributed by atoms with Gasteiger partial charge in [0.1, 0.15) is 6.07 Å². The highest BCUT2D eigenvalue weighted by atomic mass is 16.2. The van der Waals surface area contributed by atoms with E-state index in [2.05, 4.69) is 46.8 Å². The molecule has 1 fully saturated rings. The fourth-order valence-corrected chi connectivity index (χ4v) is 5.17. The maximum Gasteiger partial charge on any atom is 0.261 e. The van der Waals surface area contributed by atoms with Crippen molar-refractivity contribution in [2.24, 2.45) is 0 Å². The van der Waals surface area contributed by atoms with Crippen molar-refractivity contribution < 1.29 is 9.59 Å². The maximum atomic E-state index is 12.6. The zero-order chi connectivity index (χ0) is 24.5. The molecule has 2 aliphatic heterocycles. The number of aryl methyl sites for hydroxylation is 2. The number of nitrogens with zero attached hydrogens (tertiary/aromatic N) is 5. The molecule has 1 saturated heterocycles. The first kappa shape index (κ1) is 23.0. The third-order valence-electron chi connectivity index (χ3n) is 7.21. The Balaban J connectivity index is 1.25. The van der Waals surface area contributed by atoms with Gasteiger partial charge in [-0.2, -0.15) is 5.26 Å². The minimum Gasteiger partial charge on any atom is -0.369 e. The Morgan fingerprint density at radius 3 is 2.37 bits per heavy atom. The molecule has 0 unspecified atom stereocenters. The van der Waals surface area contributed by atoms with Crippen LogP contribution in [0, 0.1) is 25.2 Å². The van der Waals surface area contributed by atoms with Crippen molar-refractivity contribution in [3.8, 4) is 6.07 Å². The van der Waals surface area contributed by atoms with Gasteiger partial charge in [-0.1, -0.05) is 12.1 Å². The summed E-state index contributed by atoms with van der Waals surface area (Å²) in [6, 6.07) is 13.6. The Kier molecular flexibility index (Phi) is 6.23. The van der Waals surface area contributed by atoms with E-state index in [0.717, 1.165) is 62.2 Å². The summed E-state index contributed by atoms with van der Waals surface area (Å²) in [5.41, 5.74) is 5.91. The van der Waals surface area contributed by atoms with Gasteiger partial charge in [0.25, 0.3) is 11.8 Å². The number of rotatable bonds is 5. The van der Waals surface area contributed by atoms with Gasteiger partial charge in [-0.3, -0.25) is 19.5 Å². The van der Waals surface area contributed by atoms with Gasteiger partial charge in [-0.25, -0.2) is 0 Å². The molecule has 2 aliphatic rings. The first-order chi connectivity index (χ1) is 17.0. The zero-order valence-corrected chi connectivity index (χ0v) is 20.3. The predicted octanol–water partition coefficient (Wildman–Crippen LogP) is 3.92. The van der Waals surface area contributed by atoms with Crippen LogP contribution in [0.2, 0.25) is 0 Å². The number of nitriles is 1. The summed E-state index contributed by atoms with van der Waals surface area (Å²) >= 11 is 0. The standard InChI is InChI=1S/C28H29N5O2/c1-19-15-24-25(16-20(19)2)30-18-21(17-29)26(24)32-11-5-9-31(13-14-32)10-6-12-33-27(34)22-7-3-4-8-23(22)28(33)35/h3-4,7-8,15-16,18H,5-6,9-14H2,1-2H3. The zero-order valence-electron chi connectivity index (χ0n) is 20.3. The van der Waals surface area contributed by atoms with Crippen molar-refractivity contribution in [3.05, 3.63) is 70.4 Å². The topological polar surface area (TPSA) is 80.5 Å². The van der Waals surface area contributed by atoms with Crippen LogP contribution in [0.1, 0.15) is 50.2 Å². The highest BCUT2D eigenvalue weighted by Gasteiger charge is 2.34. The number of carbonyl (C=O) groups is 2. The Morgan fingerprint density at radius 2 is 1.66 bits per heavy atom. The Morgan fingerprint density at radius 1 is 0.943 bits per heavy atom. The molecule has 7 nitrogen and oxygen atoms in total. The molecule has 3 aromatic rings. The van der Waals surface area contributed by atoms with Crippen molar-refractivity contribution in [3.63, 3.8) is 0 Å². The Labute approximate surface area is 205 Å². The van der Waals surface area contributed by atoms with E-state index in [1.807, 2.05) is 0 Å². The number of amides is 2. The fourth-order valence-electron chi connectivity index (χ4n) is 5.17. The number of hydrogen-bond donors (Lipinski definition) is 0. The Hall–Kier alpha value is -3.76. The highest BCUT2D eigenvalue weighted by Crippen LogP contribution is 2.32. The van der Waals surface area contributed by atoms with Gasteiger partial charge in [0, 0.05) is 37.8 Å². The second-order valence-electron chi connectivity index (χ2n) is 9.43. The summed E-state index contributed by atoms with van der Waals surface area (Å²) in [7, 11) is 0. The number of pyridine rings is 1. The minimum atomic E-state index is -0.188. The summed E-state index contributed by atoms with van der Waals surface area (Å²) < 4.78 is 0. The van der Waals surface area contributed by atoms with Gasteiger partial charge in [0.2, 0.25) is 0 Å². The number of imide groups is 1. The smallest absolute Gasteiger partial charge is 0.261 e. The molecule has 35 heavy (non-hydrogen) atoms. The number of anilines is 1. The summed E-state index contributed by atoms with van der Waals surface area (Å²) in [6.07, 6.45) is 3.41. The van der Waals surface area contributed by atoms with Crippen molar-refractivity contribution in [1.82, 2.24) is 14.8 Å². The molecule has 0 spiro atoms. The molecular weight excluding hydrogens is 438 g/mol. The van der Waals surface area contributed by atoms with Crippen molar-refractivity contribution in [2.75, 3.05) is 44.2 Å². The van der Waals surface area contributed by atoms with E-state index in [1.54, 1.807) is 30.5 Å². The van der Waals surface area contributed by atoms with Crippen LogP contribution in [-0.2, 0) is 0 Å². The van der Waals surface area contributed by atoms with Gasteiger partial charge in [0.05, 0.1) is 27.9 Å². The van der Waals surface area contributed by atoms with Crippen LogP contribution >= 0.6 is 0 Å². The molecule has 0 radical (unpaired) electrons. The van der Waals surface area contributed by atoms with Gasteiger partial charge in [-0.05, 0) is 75.2 Å². The van der Waals surface area contributed by atoms with E-state index < -0.39 is 0 Å². The van der Waals surface area contributed by atoms with E-state index in [0.29, 0.717) is 23.2 Å². The second-order valence-corrected chi connectivity index (χ2v) is 9.43. The summed E-state index contributed by atoms with van der Waals surface area (Å²) in [5.74, 6) is -0.376. The molecule has 1 aromatic heterocycles. The van der Waals surface area contributed by atoms with Gasteiger partial charge in [-0.15, -0.1) is 0 Å².